The van der Waals surface area contributed by atoms with Crippen molar-refractivity contribution in [2.45, 2.75) is 18.6 Å². The van der Waals surface area contributed by atoms with E-state index in [4.69, 9.17) is 4.74 Å². The summed E-state index contributed by atoms with van der Waals surface area (Å²) in [7, 11) is 1.57. The van der Waals surface area contributed by atoms with E-state index in [1.807, 2.05) is 30.3 Å². The van der Waals surface area contributed by atoms with Crippen molar-refractivity contribution in [3.8, 4) is 5.75 Å². The molecule has 2 aliphatic heterocycles. The zero-order chi connectivity index (χ0) is 24.6. The van der Waals surface area contributed by atoms with Crippen molar-refractivity contribution in [3.05, 3.63) is 83.9 Å². The van der Waals surface area contributed by atoms with E-state index in [0.717, 1.165) is 17.4 Å². The van der Waals surface area contributed by atoms with E-state index < -0.39 is 17.7 Å². The lowest BCUT2D eigenvalue weighted by molar-refractivity contribution is -0.137. The standard InChI is InChI=1S/C27H26F3N3O2/c1-35-22-10-8-20(9-11-22)31-26(34)23-16-18-15-19(27(28,29)30)7-12-24(18)33-14-13-32(17-25(23)33)21-5-3-2-4-6-21/h2-12,15,23,25H,13-14,16-17H2,1H3,(H,31,34)/t23-,25-/m0/s1. The fourth-order valence-electron chi connectivity index (χ4n) is 5.08. The summed E-state index contributed by atoms with van der Waals surface area (Å²) in [6.45, 7) is 1.93. The maximum atomic E-state index is 13.5. The average molecular weight is 482 g/mol. The molecule has 0 radical (unpaired) electrons. The summed E-state index contributed by atoms with van der Waals surface area (Å²) in [4.78, 5) is 17.8. The molecule has 8 heteroatoms. The molecule has 0 spiro atoms. The van der Waals surface area contributed by atoms with Crippen LogP contribution < -0.4 is 19.9 Å². The number of benzene rings is 3. The molecule has 0 bridgehead atoms. The van der Waals surface area contributed by atoms with Crippen LogP contribution in [0.1, 0.15) is 11.1 Å². The lowest BCUT2D eigenvalue weighted by Crippen LogP contribution is -2.60. The molecule has 1 saturated heterocycles. The number of ether oxygens (including phenoxy) is 1. The summed E-state index contributed by atoms with van der Waals surface area (Å²) in [6.07, 6.45) is -4.19. The SMILES string of the molecule is COc1ccc(NC(=O)[C@H]2Cc3cc(C(F)(F)F)ccc3N3CCN(c4ccccc4)C[C@@H]23)cc1. The van der Waals surface area contributed by atoms with E-state index in [1.165, 1.54) is 6.07 Å². The van der Waals surface area contributed by atoms with Gasteiger partial charge in [-0.1, -0.05) is 18.2 Å². The fraction of sp³-hybridized carbons (Fsp3) is 0.296. The second kappa shape index (κ2) is 9.17. The van der Waals surface area contributed by atoms with Crippen molar-refractivity contribution in [1.82, 2.24) is 0 Å². The molecule has 3 aromatic carbocycles. The molecule has 1 N–H and O–H groups in total. The molecule has 0 aliphatic carbocycles. The third kappa shape index (κ3) is 4.65. The third-order valence-electron chi connectivity index (χ3n) is 6.85. The Morgan fingerprint density at radius 2 is 1.74 bits per heavy atom. The number of piperazine rings is 1. The highest BCUT2D eigenvalue weighted by molar-refractivity contribution is 5.94. The van der Waals surface area contributed by atoms with Gasteiger partial charge in [-0.25, -0.2) is 0 Å². The van der Waals surface area contributed by atoms with Crippen LogP contribution in [-0.2, 0) is 17.4 Å². The molecule has 2 aliphatic rings. The molecule has 5 rings (SSSR count). The van der Waals surface area contributed by atoms with Crippen LogP contribution in [-0.4, -0.2) is 38.7 Å². The predicted molar refractivity (Wildman–Crippen MR) is 130 cm³/mol. The fourth-order valence-corrected chi connectivity index (χ4v) is 5.08. The second-order valence-corrected chi connectivity index (χ2v) is 8.91. The molecule has 0 unspecified atom stereocenters. The maximum absolute atomic E-state index is 13.5. The van der Waals surface area contributed by atoms with Gasteiger partial charge in [-0.3, -0.25) is 4.79 Å². The molecule has 2 heterocycles. The summed E-state index contributed by atoms with van der Waals surface area (Å²) in [6, 6.07) is 20.7. The van der Waals surface area contributed by atoms with Crippen LogP contribution in [0, 0.1) is 5.92 Å². The Morgan fingerprint density at radius 3 is 2.43 bits per heavy atom. The first kappa shape index (κ1) is 23.1. The highest BCUT2D eigenvalue weighted by atomic mass is 19.4. The Bertz CT molecular complexity index is 1200. The second-order valence-electron chi connectivity index (χ2n) is 8.91. The van der Waals surface area contributed by atoms with Crippen LogP contribution in [0.15, 0.2) is 72.8 Å². The van der Waals surface area contributed by atoms with Crippen molar-refractivity contribution >= 4 is 23.0 Å². The van der Waals surface area contributed by atoms with Gasteiger partial charge in [0.05, 0.1) is 24.6 Å². The number of nitrogens with zero attached hydrogens (tertiary/aromatic N) is 2. The van der Waals surface area contributed by atoms with Gasteiger partial charge in [0.25, 0.3) is 0 Å². The minimum atomic E-state index is -4.43. The lowest BCUT2D eigenvalue weighted by Gasteiger charge is -2.49. The summed E-state index contributed by atoms with van der Waals surface area (Å²) in [5, 5.41) is 2.96. The quantitative estimate of drug-likeness (QED) is 0.555. The van der Waals surface area contributed by atoms with E-state index in [9.17, 15) is 18.0 Å². The molecule has 1 amide bonds. The van der Waals surface area contributed by atoms with Gasteiger partial charge in [0.15, 0.2) is 0 Å². The van der Waals surface area contributed by atoms with Crippen LogP contribution >= 0.6 is 0 Å². The molecule has 5 nitrogen and oxygen atoms in total. The average Bonchev–Trinajstić information content (AvgIpc) is 2.88. The molecule has 0 saturated carbocycles. The van der Waals surface area contributed by atoms with Gasteiger partial charge in [0.2, 0.25) is 5.91 Å². The molecular weight excluding hydrogens is 455 g/mol. The van der Waals surface area contributed by atoms with Gasteiger partial charge >= 0.3 is 6.18 Å². The molecule has 2 atom stereocenters. The normalized spacial score (nSPS) is 19.5. The molecule has 35 heavy (non-hydrogen) atoms. The van der Waals surface area contributed by atoms with Crippen molar-refractivity contribution in [2.75, 3.05) is 41.9 Å². The summed E-state index contributed by atoms with van der Waals surface area (Å²) < 4.78 is 45.5. The number of carbonyl (C=O) groups excluding carboxylic acids is 1. The van der Waals surface area contributed by atoms with Crippen LogP contribution in [0.5, 0.6) is 5.75 Å². The number of methoxy groups -OCH3 is 1. The Labute approximate surface area is 202 Å². The number of amides is 1. The number of anilines is 3. The number of hydrogen-bond donors (Lipinski definition) is 1. The Hall–Kier alpha value is -3.68. The highest BCUT2D eigenvalue weighted by Crippen LogP contribution is 2.40. The Balaban J connectivity index is 1.47. The van der Waals surface area contributed by atoms with Gasteiger partial charge in [-0.15, -0.1) is 0 Å². The number of halogens is 3. The molecule has 1 fully saturated rings. The largest absolute Gasteiger partial charge is 0.497 e. The lowest BCUT2D eigenvalue weighted by atomic mass is 9.82. The first-order valence-electron chi connectivity index (χ1n) is 11.5. The van der Waals surface area contributed by atoms with E-state index in [0.29, 0.717) is 36.6 Å². The number of nitrogens with one attached hydrogen (secondary N) is 1. The minimum Gasteiger partial charge on any atom is -0.497 e. The molecule has 182 valence electrons. The van der Waals surface area contributed by atoms with Crippen LogP contribution in [0.3, 0.4) is 0 Å². The van der Waals surface area contributed by atoms with E-state index in [-0.39, 0.29) is 18.4 Å². The van der Waals surface area contributed by atoms with Gasteiger partial charge in [0, 0.05) is 36.7 Å². The van der Waals surface area contributed by atoms with Crippen LogP contribution in [0.25, 0.3) is 0 Å². The monoisotopic (exact) mass is 481 g/mol. The Kier molecular flexibility index (Phi) is 6.05. The highest BCUT2D eigenvalue weighted by Gasteiger charge is 2.42. The number of carbonyl (C=O) groups is 1. The van der Waals surface area contributed by atoms with Crippen molar-refractivity contribution in [1.29, 1.82) is 0 Å². The van der Waals surface area contributed by atoms with Crippen molar-refractivity contribution in [2.24, 2.45) is 5.92 Å². The first-order chi connectivity index (χ1) is 16.8. The van der Waals surface area contributed by atoms with Crippen molar-refractivity contribution < 1.29 is 22.7 Å². The third-order valence-corrected chi connectivity index (χ3v) is 6.85. The van der Waals surface area contributed by atoms with Gasteiger partial charge in [-0.05, 0) is 66.6 Å². The summed E-state index contributed by atoms with van der Waals surface area (Å²) in [5.41, 5.74) is 2.34. The molecule has 0 aromatic heterocycles. The number of alkyl halides is 3. The predicted octanol–water partition coefficient (Wildman–Crippen LogP) is 5.22. The Morgan fingerprint density at radius 1 is 1.00 bits per heavy atom. The number of para-hydroxylation sites is 1. The minimum absolute atomic E-state index is 0.175. The maximum Gasteiger partial charge on any atom is 0.416 e. The van der Waals surface area contributed by atoms with Gasteiger partial charge < -0.3 is 19.9 Å². The summed E-state index contributed by atoms with van der Waals surface area (Å²) in [5.74, 6) is -0.0473. The molecule has 3 aromatic rings. The van der Waals surface area contributed by atoms with Crippen molar-refractivity contribution in [3.63, 3.8) is 0 Å². The number of fused-ring (bicyclic) bond motifs is 3. The first-order valence-corrected chi connectivity index (χ1v) is 11.5. The van der Waals surface area contributed by atoms with Crippen LogP contribution in [0.2, 0.25) is 0 Å². The topological polar surface area (TPSA) is 44.8 Å². The zero-order valence-electron chi connectivity index (χ0n) is 19.3. The van der Waals surface area contributed by atoms with E-state index >= 15 is 0 Å². The van der Waals surface area contributed by atoms with Gasteiger partial charge in [-0.2, -0.15) is 13.2 Å². The smallest absolute Gasteiger partial charge is 0.416 e. The van der Waals surface area contributed by atoms with Gasteiger partial charge in [0.1, 0.15) is 5.75 Å². The van der Waals surface area contributed by atoms with E-state index in [1.54, 1.807) is 37.4 Å². The number of hydrogen-bond acceptors (Lipinski definition) is 4. The van der Waals surface area contributed by atoms with E-state index in [2.05, 4.69) is 15.1 Å². The summed E-state index contributed by atoms with van der Waals surface area (Å²) >= 11 is 0. The van der Waals surface area contributed by atoms with Crippen LogP contribution in [0.4, 0.5) is 30.2 Å². The zero-order valence-corrected chi connectivity index (χ0v) is 19.3. The number of rotatable bonds is 4. The molecular formula is C27H26F3N3O2.